The van der Waals surface area contributed by atoms with Gasteiger partial charge in [-0.1, -0.05) is 6.92 Å². The molecule has 0 aromatic heterocycles. The Kier molecular flexibility index (Phi) is 4.70. The molecule has 0 aliphatic carbocycles. The van der Waals surface area contributed by atoms with Gasteiger partial charge in [-0.3, -0.25) is 4.90 Å². The van der Waals surface area contributed by atoms with Crippen molar-refractivity contribution in [2.24, 2.45) is 11.7 Å². The second-order valence-corrected chi connectivity index (χ2v) is 4.11. The first-order valence-corrected chi connectivity index (χ1v) is 5.26. The smallest absolute Gasteiger partial charge is 0.0674 e. The van der Waals surface area contributed by atoms with Gasteiger partial charge in [-0.2, -0.15) is 0 Å². The molecule has 1 rings (SSSR count). The molecule has 3 nitrogen and oxygen atoms in total. The van der Waals surface area contributed by atoms with Gasteiger partial charge in [0.15, 0.2) is 0 Å². The van der Waals surface area contributed by atoms with Gasteiger partial charge >= 0.3 is 0 Å². The Morgan fingerprint density at radius 3 is 3.00 bits per heavy atom. The Bertz CT molecular complexity index is 141. The summed E-state index contributed by atoms with van der Waals surface area (Å²) in [5.74, 6) is 0.651. The van der Waals surface area contributed by atoms with Gasteiger partial charge in [-0.15, -0.1) is 0 Å². The third-order valence-corrected chi connectivity index (χ3v) is 2.67. The fourth-order valence-electron chi connectivity index (χ4n) is 1.61. The van der Waals surface area contributed by atoms with E-state index in [0.717, 1.165) is 26.2 Å². The lowest BCUT2D eigenvalue weighted by atomic mass is 10.1. The highest BCUT2D eigenvalue weighted by atomic mass is 16.5. The predicted octanol–water partition coefficient (Wildman–Crippen LogP) is 0.692. The van der Waals surface area contributed by atoms with Crippen LogP contribution in [0.15, 0.2) is 0 Å². The maximum atomic E-state index is 5.57. The van der Waals surface area contributed by atoms with Gasteiger partial charge in [-0.05, 0) is 32.4 Å². The van der Waals surface area contributed by atoms with Crippen molar-refractivity contribution in [2.75, 3.05) is 32.8 Å². The minimum atomic E-state index is 0.405. The second-order valence-electron chi connectivity index (χ2n) is 4.11. The summed E-state index contributed by atoms with van der Waals surface area (Å²) in [6.07, 6.45) is 1.62. The molecule has 0 spiro atoms. The molecule has 1 saturated heterocycles. The predicted molar refractivity (Wildman–Crippen MR) is 54.7 cm³/mol. The molecule has 2 unspecified atom stereocenters. The zero-order valence-electron chi connectivity index (χ0n) is 8.83. The zero-order valence-corrected chi connectivity index (χ0v) is 8.83. The average molecular weight is 186 g/mol. The molecular formula is C10H22N2O. The number of hydrogen-bond acceptors (Lipinski definition) is 3. The van der Waals surface area contributed by atoms with E-state index in [2.05, 4.69) is 18.7 Å². The summed E-state index contributed by atoms with van der Waals surface area (Å²) in [4.78, 5) is 2.47. The van der Waals surface area contributed by atoms with Crippen LogP contribution in [0.2, 0.25) is 0 Å². The molecular weight excluding hydrogens is 164 g/mol. The van der Waals surface area contributed by atoms with Gasteiger partial charge in [0, 0.05) is 13.1 Å². The maximum absolute atomic E-state index is 5.57. The number of rotatable bonds is 4. The van der Waals surface area contributed by atoms with Crippen LogP contribution in [-0.4, -0.2) is 43.8 Å². The van der Waals surface area contributed by atoms with Crippen molar-refractivity contribution in [1.82, 2.24) is 4.90 Å². The molecule has 13 heavy (non-hydrogen) atoms. The summed E-state index contributed by atoms with van der Waals surface area (Å²) in [6.45, 7) is 9.38. The topological polar surface area (TPSA) is 38.5 Å². The molecule has 0 saturated carbocycles. The van der Waals surface area contributed by atoms with E-state index >= 15 is 0 Å². The lowest BCUT2D eigenvalue weighted by Crippen LogP contribution is -2.42. The van der Waals surface area contributed by atoms with Gasteiger partial charge in [0.1, 0.15) is 0 Å². The van der Waals surface area contributed by atoms with Crippen LogP contribution in [0.1, 0.15) is 20.3 Å². The summed E-state index contributed by atoms with van der Waals surface area (Å²) >= 11 is 0. The van der Waals surface area contributed by atoms with Crippen molar-refractivity contribution in [3.8, 4) is 0 Å². The highest BCUT2D eigenvalue weighted by molar-refractivity contribution is 4.68. The van der Waals surface area contributed by atoms with E-state index < -0.39 is 0 Å². The highest BCUT2D eigenvalue weighted by Crippen LogP contribution is 2.07. The second kappa shape index (κ2) is 5.58. The van der Waals surface area contributed by atoms with E-state index in [4.69, 9.17) is 10.5 Å². The summed E-state index contributed by atoms with van der Waals surface area (Å²) in [5.41, 5.74) is 5.57. The Hall–Kier alpha value is -0.120. The number of ether oxygens (including phenoxy) is 1. The normalized spacial score (nSPS) is 27.5. The molecule has 0 aromatic carbocycles. The van der Waals surface area contributed by atoms with Crippen molar-refractivity contribution >= 4 is 0 Å². The number of nitrogens with zero attached hydrogens (tertiary/aromatic N) is 1. The fraction of sp³-hybridized carbons (Fsp3) is 1.00. The molecule has 2 N–H and O–H groups in total. The molecule has 0 aromatic rings. The monoisotopic (exact) mass is 186 g/mol. The van der Waals surface area contributed by atoms with E-state index in [9.17, 15) is 0 Å². The fourth-order valence-corrected chi connectivity index (χ4v) is 1.61. The summed E-state index contributed by atoms with van der Waals surface area (Å²) in [6, 6.07) is 0. The van der Waals surface area contributed by atoms with Crippen molar-refractivity contribution < 1.29 is 4.74 Å². The lowest BCUT2D eigenvalue weighted by molar-refractivity contribution is -0.0194. The molecule has 0 radical (unpaired) electrons. The van der Waals surface area contributed by atoms with E-state index in [1.165, 1.54) is 13.0 Å². The first-order chi connectivity index (χ1) is 6.22. The first-order valence-electron chi connectivity index (χ1n) is 5.26. The van der Waals surface area contributed by atoms with Crippen LogP contribution in [0.4, 0.5) is 0 Å². The van der Waals surface area contributed by atoms with Gasteiger partial charge in [0.25, 0.3) is 0 Å². The minimum Gasteiger partial charge on any atom is -0.376 e. The first kappa shape index (κ1) is 11.0. The third-order valence-electron chi connectivity index (χ3n) is 2.67. The van der Waals surface area contributed by atoms with Crippen LogP contribution < -0.4 is 5.73 Å². The van der Waals surface area contributed by atoms with Crippen molar-refractivity contribution in [2.45, 2.75) is 26.4 Å². The van der Waals surface area contributed by atoms with E-state index in [-0.39, 0.29) is 0 Å². The van der Waals surface area contributed by atoms with Crippen molar-refractivity contribution in [3.05, 3.63) is 0 Å². The molecule has 1 aliphatic heterocycles. The summed E-state index contributed by atoms with van der Waals surface area (Å²) < 4.78 is 5.47. The highest BCUT2D eigenvalue weighted by Gasteiger charge is 2.16. The zero-order chi connectivity index (χ0) is 9.68. The van der Waals surface area contributed by atoms with Gasteiger partial charge in [-0.25, -0.2) is 0 Å². The average Bonchev–Trinajstić information content (AvgIpc) is 2.14. The maximum Gasteiger partial charge on any atom is 0.0674 e. The minimum absolute atomic E-state index is 0.405. The summed E-state index contributed by atoms with van der Waals surface area (Å²) in [7, 11) is 0. The molecule has 0 amide bonds. The van der Waals surface area contributed by atoms with Crippen LogP contribution in [0.3, 0.4) is 0 Å². The van der Waals surface area contributed by atoms with E-state index in [1.807, 2.05) is 0 Å². The van der Waals surface area contributed by atoms with E-state index in [0.29, 0.717) is 12.0 Å². The molecule has 2 atom stereocenters. The van der Waals surface area contributed by atoms with Gasteiger partial charge in [0.2, 0.25) is 0 Å². The third kappa shape index (κ3) is 4.07. The molecule has 78 valence electrons. The quantitative estimate of drug-likeness (QED) is 0.702. The molecule has 1 aliphatic rings. The standard InChI is InChI=1S/C10H22N2O/c1-9(7-11)3-4-12-5-6-13-10(2)8-12/h9-10H,3-8,11H2,1-2H3. The Morgan fingerprint density at radius 1 is 1.62 bits per heavy atom. The van der Waals surface area contributed by atoms with Crippen molar-refractivity contribution in [3.63, 3.8) is 0 Å². The van der Waals surface area contributed by atoms with Crippen LogP contribution in [0.5, 0.6) is 0 Å². The van der Waals surface area contributed by atoms with Crippen LogP contribution >= 0.6 is 0 Å². The van der Waals surface area contributed by atoms with Gasteiger partial charge in [0.05, 0.1) is 12.7 Å². The molecule has 1 heterocycles. The number of hydrogen-bond donors (Lipinski definition) is 1. The lowest BCUT2D eigenvalue weighted by Gasteiger charge is -2.31. The van der Waals surface area contributed by atoms with E-state index in [1.54, 1.807) is 0 Å². The Balaban J connectivity index is 2.13. The Labute approximate surface area is 81.2 Å². The Morgan fingerprint density at radius 2 is 2.38 bits per heavy atom. The number of morpholine rings is 1. The molecule has 0 bridgehead atoms. The van der Waals surface area contributed by atoms with Crippen molar-refractivity contribution in [1.29, 1.82) is 0 Å². The number of nitrogens with two attached hydrogens (primary N) is 1. The summed E-state index contributed by atoms with van der Waals surface area (Å²) in [5, 5.41) is 0. The SMILES string of the molecule is CC(CN)CCN1CCOC(C)C1. The molecule has 3 heteroatoms. The molecule has 1 fully saturated rings. The largest absolute Gasteiger partial charge is 0.376 e. The van der Waals surface area contributed by atoms with Gasteiger partial charge < -0.3 is 10.5 Å². The van der Waals surface area contributed by atoms with Crippen LogP contribution in [-0.2, 0) is 4.74 Å². The van der Waals surface area contributed by atoms with Crippen LogP contribution in [0, 0.1) is 5.92 Å². The van der Waals surface area contributed by atoms with Crippen LogP contribution in [0.25, 0.3) is 0 Å².